The molecule has 0 saturated carbocycles. The Morgan fingerprint density at radius 1 is 0.426 bits per heavy atom. The molecular weight excluding hydrogens is 1020 g/mol. The molecule has 4 nitrogen and oxygen atoms in total. The molecule has 0 bridgehead atoms. The predicted molar refractivity (Wildman–Crippen MR) is 289 cm³/mol. The molecule has 4 heterocycles. The monoisotopic (exact) mass is 1090 g/mol. The normalized spacial score (nSPS) is 11.6. The molecule has 4 aromatic heterocycles. The van der Waals surface area contributed by atoms with Gasteiger partial charge < -0.3 is 4.42 Å². The van der Waals surface area contributed by atoms with Gasteiger partial charge in [0.1, 0.15) is 11.2 Å². The zero-order valence-corrected chi connectivity index (χ0v) is 44.4. The Labute approximate surface area is 418 Å². The zero-order chi connectivity index (χ0) is 47.2. The van der Waals surface area contributed by atoms with Crippen molar-refractivity contribution in [1.29, 1.82) is 0 Å². The van der Waals surface area contributed by atoms with Crippen LogP contribution in [0.4, 0.5) is 0 Å². The Balaban J connectivity index is 0.000000157. The van der Waals surface area contributed by atoms with E-state index < -0.39 is 8.07 Å². The van der Waals surface area contributed by atoms with E-state index in [1.54, 1.807) is 0 Å². The first-order valence-corrected chi connectivity index (χ1v) is 27.0. The van der Waals surface area contributed by atoms with Crippen LogP contribution in [0.25, 0.3) is 77.6 Å². The van der Waals surface area contributed by atoms with E-state index in [0.29, 0.717) is 10.8 Å². The van der Waals surface area contributed by atoms with Gasteiger partial charge in [0.05, 0.1) is 25.2 Å². The number of hydrogen-bond donors (Lipinski definition) is 0. The molecule has 0 aliphatic rings. The molecule has 0 atom stereocenters. The SMILES string of the molecule is CC(C)(C)Cc1cc(-c2ccccc2)ncc1[Si](C)(C)C.CC(C)(C)Cc1ccnc(-c2ccccc2)c1.[Ir].c1ccc(-c2ccc3c(c2)oc2ccc(-c4cc5ccccc5cn4)cc23)cc1. The van der Waals surface area contributed by atoms with E-state index in [0.717, 1.165) is 68.4 Å². The van der Waals surface area contributed by atoms with Crippen LogP contribution < -0.4 is 5.19 Å². The molecule has 10 rings (SSSR count). The molecule has 0 fully saturated rings. The number of rotatable bonds is 7. The molecular formula is C62H63IrN3OSi. The molecule has 6 heteroatoms. The largest absolute Gasteiger partial charge is 0.456 e. The first kappa shape index (κ1) is 49.6. The van der Waals surface area contributed by atoms with Gasteiger partial charge in [-0.1, -0.05) is 183 Å². The Bertz CT molecular complexity index is 3240. The van der Waals surface area contributed by atoms with Gasteiger partial charge in [0.25, 0.3) is 0 Å². The van der Waals surface area contributed by atoms with Crippen molar-refractivity contribution in [2.75, 3.05) is 0 Å². The van der Waals surface area contributed by atoms with Crippen LogP contribution in [0.1, 0.15) is 52.7 Å². The third-order valence-corrected chi connectivity index (χ3v) is 13.8. The summed E-state index contributed by atoms with van der Waals surface area (Å²) >= 11 is 0. The number of benzene rings is 6. The van der Waals surface area contributed by atoms with Crippen LogP contribution in [-0.4, -0.2) is 23.0 Å². The predicted octanol–water partition coefficient (Wildman–Crippen LogP) is 16.7. The van der Waals surface area contributed by atoms with Gasteiger partial charge in [-0.3, -0.25) is 15.0 Å². The first-order chi connectivity index (χ1) is 32.1. The van der Waals surface area contributed by atoms with Gasteiger partial charge in [-0.2, -0.15) is 0 Å². The van der Waals surface area contributed by atoms with Crippen molar-refractivity contribution in [2.45, 2.75) is 74.0 Å². The second-order valence-corrected chi connectivity index (χ2v) is 26.1. The van der Waals surface area contributed by atoms with Crippen LogP contribution in [0.15, 0.2) is 199 Å². The van der Waals surface area contributed by atoms with Crippen LogP contribution in [-0.2, 0) is 32.9 Å². The minimum Gasteiger partial charge on any atom is -0.456 e. The van der Waals surface area contributed by atoms with Crippen molar-refractivity contribution in [3.63, 3.8) is 0 Å². The van der Waals surface area contributed by atoms with Crippen LogP contribution in [0.3, 0.4) is 0 Å². The van der Waals surface area contributed by atoms with Crippen molar-refractivity contribution in [1.82, 2.24) is 15.0 Å². The van der Waals surface area contributed by atoms with Gasteiger partial charge >= 0.3 is 0 Å². The summed E-state index contributed by atoms with van der Waals surface area (Å²) in [5.41, 5.74) is 14.2. The molecule has 68 heavy (non-hydrogen) atoms. The quantitative estimate of drug-likeness (QED) is 0.149. The molecule has 0 N–H and O–H groups in total. The fourth-order valence-corrected chi connectivity index (χ4v) is 10.2. The maximum absolute atomic E-state index is 6.16. The summed E-state index contributed by atoms with van der Waals surface area (Å²) < 4.78 is 6.16. The Morgan fingerprint density at radius 3 is 1.59 bits per heavy atom. The smallest absolute Gasteiger partial charge is 0.136 e. The number of aromatic nitrogens is 3. The molecule has 0 amide bonds. The van der Waals surface area contributed by atoms with E-state index in [1.165, 1.54) is 38.4 Å². The van der Waals surface area contributed by atoms with Crippen LogP contribution >= 0.6 is 0 Å². The number of furan rings is 1. The Morgan fingerprint density at radius 2 is 0.971 bits per heavy atom. The van der Waals surface area contributed by atoms with E-state index in [4.69, 9.17) is 9.40 Å². The summed E-state index contributed by atoms with van der Waals surface area (Å²) in [5, 5.41) is 6.09. The third kappa shape index (κ3) is 12.8. The molecule has 6 aromatic carbocycles. The van der Waals surface area contributed by atoms with Crippen molar-refractivity contribution in [3.8, 4) is 44.9 Å². The summed E-state index contributed by atoms with van der Waals surface area (Å²) in [7, 11) is -1.36. The first-order valence-electron chi connectivity index (χ1n) is 23.5. The molecule has 345 valence electrons. The fourth-order valence-electron chi connectivity index (χ4n) is 8.61. The molecule has 10 aromatic rings. The third-order valence-electron chi connectivity index (χ3n) is 11.7. The molecule has 0 aliphatic heterocycles. The van der Waals surface area contributed by atoms with Crippen molar-refractivity contribution >= 4 is 46.0 Å². The fraction of sp³-hybridized carbons (Fsp3) is 0.210. The topological polar surface area (TPSA) is 51.8 Å². The second-order valence-electron chi connectivity index (χ2n) is 21.0. The number of pyridine rings is 3. The van der Waals surface area contributed by atoms with Crippen molar-refractivity contribution < 1.29 is 24.5 Å². The number of nitrogens with zero attached hydrogens (tertiary/aromatic N) is 3. The van der Waals surface area contributed by atoms with Gasteiger partial charge in [0.2, 0.25) is 0 Å². The Kier molecular flexibility index (Phi) is 15.6. The van der Waals surface area contributed by atoms with Gasteiger partial charge in [-0.15, -0.1) is 0 Å². The summed E-state index contributed by atoms with van der Waals surface area (Å²) in [6.45, 7) is 20.9. The van der Waals surface area contributed by atoms with Crippen LogP contribution in [0.2, 0.25) is 19.6 Å². The Hall–Kier alpha value is -6.30. The molecule has 0 spiro atoms. The summed E-state index contributed by atoms with van der Waals surface area (Å²) in [6.07, 6.45) is 8.16. The summed E-state index contributed by atoms with van der Waals surface area (Å²) in [4.78, 5) is 13.9. The van der Waals surface area contributed by atoms with Gasteiger partial charge in [0.15, 0.2) is 0 Å². The number of fused-ring (bicyclic) bond motifs is 4. The van der Waals surface area contributed by atoms with Crippen LogP contribution in [0, 0.1) is 10.8 Å². The van der Waals surface area contributed by atoms with Gasteiger partial charge in [-0.05, 0) is 111 Å². The number of hydrogen-bond acceptors (Lipinski definition) is 4. The van der Waals surface area contributed by atoms with E-state index in [1.807, 2.05) is 48.8 Å². The maximum Gasteiger partial charge on any atom is 0.136 e. The van der Waals surface area contributed by atoms with Crippen molar-refractivity contribution in [3.05, 3.63) is 206 Å². The van der Waals surface area contributed by atoms with E-state index >= 15 is 0 Å². The van der Waals surface area contributed by atoms with Crippen molar-refractivity contribution in [2.24, 2.45) is 10.8 Å². The summed E-state index contributed by atoms with van der Waals surface area (Å²) in [5.74, 6) is 0. The van der Waals surface area contributed by atoms with Crippen LogP contribution in [0.5, 0.6) is 0 Å². The van der Waals surface area contributed by atoms with E-state index in [9.17, 15) is 0 Å². The molecule has 0 unspecified atom stereocenters. The average molecular weight is 1090 g/mol. The second kappa shape index (κ2) is 21.3. The molecule has 1 radical (unpaired) electrons. The average Bonchev–Trinajstić information content (AvgIpc) is 3.69. The van der Waals surface area contributed by atoms with Gasteiger partial charge in [-0.25, -0.2) is 0 Å². The minimum atomic E-state index is -1.36. The zero-order valence-electron chi connectivity index (χ0n) is 41.0. The molecule has 0 saturated heterocycles. The van der Waals surface area contributed by atoms with Gasteiger partial charge in [0, 0.05) is 71.5 Å². The maximum atomic E-state index is 6.16. The van der Waals surface area contributed by atoms with E-state index in [2.05, 4.69) is 217 Å². The standard InChI is InChI=1S/C27H17NO.C19H27NSi.C16H19N.Ir/c1-2-6-18(7-3-1)20-10-12-23-24-14-21(11-13-26(24)29-27(23)16-20)25-15-19-8-4-5-9-22(19)17-28-25;1-19(2,3)13-16-12-17(15-10-8-7-9-11-15)20-14-18(16)21(4,5)6;1-16(2,3)12-13-9-10-17-15(11-13)14-7-5-4-6-8-14;/h1-17H;7-12,14H,13H2,1-6H3;4-11H,12H2,1-3H3;. The van der Waals surface area contributed by atoms with E-state index in [-0.39, 0.29) is 20.1 Å². The summed E-state index contributed by atoms with van der Waals surface area (Å²) in [6, 6.07) is 61.0. The minimum absolute atomic E-state index is 0. The molecule has 0 aliphatic carbocycles.